The van der Waals surface area contributed by atoms with Crippen LogP contribution in [0.25, 0.3) is 0 Å². The van der Waals surface area contributed by atoms with Gasteiger partial charge in [0.05, 0.1) is 19.8 Å². The van der Waals surface area contributed by atoms with Crippen molar-refractivity contribution in [1.29, 1.82) is 0 Å². The number of unbranched alkanes of at least 4 members (excludes halogenated alkanes) is 25. The molecule has 6 atom stereocenters. The Balaban J connectivity index is 2.36. The predicted octanol–water partition coefficient (Wildman–Crippen LogP) is 12.3. The largest absolute Gasteiger partial charge is 0.457 e. The molecule has 4 N–H and O–H groups in total. The Kier molecular flexibility index (Phi) is 41.6. The Hall–Kier alpha value is -1.94. The molecule has 0 bridgehead atoms. The minimum atomic E-state index is -5.07. The molecule has 1 aliphatic rings. The van der Waals surface area contributed by atoms with Crippen LogP contribution in [0.2, 0.25) is 0 Å². The van der Waals surface area contributed by atoms with E-state index in [9.17, 15) is 33.1 Å². The van der Waals surface area contributed by atoms with Crippen LogP contribution in [0.15, 0.2) is 48.6 Å². The molecule has 1 rings (SSSR count). The first kappa shape index (κ1) is 62.1. The van der Waals surface area contributed by atoms with Crippen LogP contribution in [0.3, 0.4) is 0 Å². The van der Waals surface area contributed by atoms with Crippen LogP contribution in [0.1, 0.15) is 219 Å². The summed E-state index contributed by atoms with van der Waals surface area (Å²) >= 11 is 0. The molecule has 6 unspecified atom stereocenters. The van der Waals surface area contributed by atoms with Gasteiger partial charge >= 0.3 is 16.4 Å². The number of hydrogen-bond donors (Lipinski definition) is 4. The predicted molar refractivity (Wildman–Crippen MR) is 266 cm³/mol. The first-order valence-corrected chi connectivity index (χ1v) is 27.8. The fourth-order valence-corrected chi connectivity index (χ4v) is 8.42. The van der Waals surface area contributed by atoms with Gasteiger partial charge in [0, 0.05) is 13.0 Å². The van der Waals surface area contributed by atoms with Crippen LogP contribution in [-0.2, 0) is 38.3 Å². The van der Waals surface area contributed by atoms with Gasteiger partial charge in [0.1, 0.15) is 30.5 Å². The highest BCUT2D eigenvalue weighted by molar-refractivity contribution is 7.80. The van der Waals surface area contributed by atoms with E-state index < -0.39 is 59.8 Å². The second-order valence-corrected chi connectivity index (χ2v) is 19.2. The molecule has 0 aromatic heterocycles. The quantitative estimate of drug-likeness (QED) is 0.0197. The summed E-state index contributed by atoms with van der Waals surface area (Å²) in [5.41, 5.74) is 0. The first-order chi connectivity index (χ1) is 32.1. The summed E-state index contributed by atoms with van der Waals surface area (Å²) in [5.74, 6) is -0.404. The number of ether oxygens (including phenoxy) is 4. The van der Waals surface area contributed by atoms with E-state index in [2.05, 4.69) is 66.6 Å². The molecule has 1 fully saturated rings. The van der Waals surface area contributed by atoms with Gasteiger partial charge in [-0.2, -0.15) is 8.42 Å². The van der Waals surface area contributed by atoms with Crippen molar-refractivity contribution in [2.24, 2.45) is 0 Å². The first-order valence-electron chi connectivity index (χ1n) is 26.4. The summed E-state index contributed by atoms with van der Waals surface area (Å²) in [6, 6.07) is 0. The zero-order valence-corrected chi connectivity index (χ0v) is 42.3. The molecule has 0 amide bonds. The van der Waals surface area contributed by atoms with Gasteiger partial charge in [0.2, 0.25) is 0 Å². The fraction of sp³-hybridized carbons (Fsp3) is 0.830. The molecular weight excluding hydrogens is 861 g/mol. The Morgan fingerprint density at radius 3 is 1.50 bits per heavy atom. The number of rotatable bonds is 46. The molecule has 0 spiro atoms. The highest BCUT2D eigenvalue weighted by Crippen LogP contribution is 2.26. The Bertz CT molecular complexity index is 1340. The Labute approximate surface area is 402 Å². The number of carbonyl (C=O) groups excluding carboxylic acids is 1. The number of hydrogen-bond acceptors (Lipinski definition) is 11. The van der Waals surface area contributed by atoms with Gasteiger partial charge in [-0.3, -0.25) is 9.35 Å². The van der Waals surface area contributed by atoms with Gasteiger partial charge in [-0.05, 0) is 77.0 Å². The van der Waals surface area contributed by atoms with Gasteiger partial charge in [-0.1, -0.05) is 184 Å². The van der Waals surface area contributed by atoms with E-state index in [0.29, 0.717) is 13.0 Å². The average Bonchev–Trinajstić information content (AvgIpc) is 3.29. The van der Waals surface area contributed by atoms with Crippen molar-refractivity contribution in [3.63, 3.8) is 0 Å². The number of esters is 1. The third-order valence-electron chi connectivity index (χ3n) is 11.9. The van der Waals surface area contributed by atoms with Gasteiger partial charge in [-0.25, -0.2) is 4.18 Å². The van der Waals surface area contributed by atoms with Crippen LogP contribution in [0, 0.1) is 0 Å². The van der Waals surface area contributed by atoms with Crippen molar-refractivity contribution >= 4 is 16.4 Å². The van der Waals surface area contributed by atoms with E-state index >= 15 is 0 Å². The standard InChI is InChI=1S/C53H96O12S/c1-3-5-7-9-11-13-15-17-19-21-23-25-27-29-31-33-35-37-39-41-43-61-45-47(46-62-53-51(57)52(65-66(58,59)60)50(56)48(44-54)64-53)63-49(55)42-40-38-36-34-32-30-28-26-24-22-20-18-16-14-12-10-8-6-4-2/h11,13,17-20,23,25,47-48,50-54,56-57H,3-10,12,14-16,21-22,24,26-46H2,1-2H3,(H,58,59,60)/b13-11-,19-17-,20-18-,25-23-. The molecule has 13 heteroatoms. The van der Waals surface area contributed by atoms with Gasteiger partial charge < -0.3 is 34.3 Å². The maximum absolute atomic E-state index is 12.9. The summed E-state index contributed by atoms with van der Waals surface area (Å²) in [4.78, 5) is 12.9. The van der Waals surface area contributed by atoms with Crippen molar-refractivity contribution in [3.8, 4) is 0 Å². The molecule has 0 saturated carbocycles. The van der Waals surface area contributed by atoms with E-state index in [1.54, 1.807) is 0 Å². The summed E-state index contributed by atoms with van der Waals surface area (Å²) in [7, 11) is -5.07. The van der Waals surface area contributed by atoms with Crippen molar-refractivity contribution in [2.45, 2.75) is 256 Å². The molecule has 1 heterocycles. The SMILES string of the molecule is CCCCC/C=C\C/C=C\C/C=C\CCCCCCCCCOCC(COC1OC(CO)C(O)C(OS(=O)(=O)O)C1O)OC(=O)CCCCCCCCCCC/C=C\CCCCCCCC. The molecule has 386 valence electrons. The third kappa shape index (κ3) is 37.0. The smallest absolute Gasteiger partial charge is 0.397 e. The minimum absolute atomic E-state index is 0.0283. The van der Waals surface area contributed by atoms with Crippen LogP contribution in [0.5, 0.6) is 0 Å². The molecular formula is C53H96O12S. The third-order valence-corrected chi connectivity index (χ3v) is 12.4. The lowest BCUT2D eigenvalue weighted by molar-refractivity contribution is -0.301. The fourth-order valence-electron chi connectivity index (χ4n) is 7.91. The van der Waals surface area contributed by atoms with E-state index in [0.717, 1.165) is 57.8 Å². The molecule has 1 aliphatic heterocycles. The van der Waals surface area contributed by atoms with Gasteiger partial charge in [0.25, 0.3) is 0 Å². The molecule has 12 nitrogen and oxygen atoms in total. The average molecular weight is 957 g/mol. The van der Waals surface area contributed by atoms with Crippen molar-refractivity contribution < 1.29 is 56.2 Å². The molecule has 66 heavy (non-hydrogen) atoms. The highest BCUT2D eigenvalue weighted by atomic mass is 32.3. The minimum Gasteiger partial charge on any atom is -0.457 e. The lowest BCUT2D eigenvalue weighted by Gasteiger charge is -2.41. The lowest BCUT2D eigenvalue weighted by atomic mass is 9.99. The summed E-state index contributed by atoms with van der Waals surface area (Å²) in [6.07, 6.45) is 45.6. The number of allylic oxidation sites excluding steroid dienone is 8. The van der Waals surface area contributed by atoms with Crippen molar-refractivity contribution in [2.75, 3.05) is 26.4 Å². The maximum atomic E-state index is 12.9. The van der Waals surface area contributed by atoms with E-state index in [4.69, 9.17) is 18.9 Å². The summed E-state index contributed by atoms with van der Waals surface area (Å²) in [6.45, 7) is 3.96. The molecule has 0 aromatic carbocycles. The summed E-state index contributed by atoms with van der Waals surface area (Å²) < 4.78 is 59.3. The van der Waals surface area contributed by atoms with Crippen LogP contribution in [0.4, 0.5) is 0 Å². The normalized spacial score (nSPS) is 19.9. The highest BCUT2D eigenvalue weighted by Gasteiger charge is 2.48. The van der Waals surface area contributed by atoms with Crippen molar-refractivity contribution in [3.05, 3.63) is 48.6 Å². The van der Waals surface area contributed by atoms with Crippen LogP contribution < -0.4 is 0 Å². The number of aliphatic hydroxyl groups excluding tert-OH is 3. The Morgan fingerprint density at radius 2 is 1.00 bits per heavy atom. The monoisotopic (exact) mass is 957 g/mol. The zero-order valence-electron chi connectivity index (χ0n) is 41.5. The number of aliphatic hydroxyl groups is 3. The lowest BCUT2D eigenvalue weighted by Crippen LogP contribution is -2.60. The maximum Gasteiger partial charge on any atom is 0.397 e. The topological polar surface area (TPSA) is 178 Å². The van der Waals surface area contributed by atoms with E-state index in [-0.39, 0.29) is 19.6 Å². The summed E-state index contributed by atoms with van der Waals surface area (Å²) in [5, 5.41) is 30.8. The van der Waals surface area contributed by atoms with Crippen molar-refractivity contribution in [1.82, 2.24) is 0 Å². The zero-order chi connectivity index (χ0) is 48.2. The molecule has 1 saturated heterocycles. The van der Waals surface area contributed by atoms with Crippen LogP contribution >= 0.6 is 0 Å². The second kappa shape index (κ2) is 44.3. The second-order valence-electron chi connectivity index (χ2n) is 18.1. The molecule has 0 aromatic rings. The molecule has 0 radical (unpaired) electrons. The van der Waals surface area contributed by atoms with E-state index in [1.807, 2.05) is 0 Å². The molecule has 0 aliphatic carbocycles. The van der Waals surface area contributed by atoms with Crippen LogP contribution in [-0.4, -0.2) is 97.5 Å². The van der Waals surface area contributed by atoms with Gasteiger partial charge in [0.15, 0.2) is 6.29 Å². The number of carbonyl (C=O) groups is 1. The van der Waals surface area contributed by atoms with Gasteiger partial charge in [-0.15, -0.1) is 0 Å². The Morgan fingerprint density at radius 1 is 0.576 bits per heavy atom. The van der Waals surface area contributed by atoms with E-state index in [1.165, 1.54) is 135 Å².